The third-order valence-electron chi connectivity index (χ3n) is 6.73. The molecule has 2 N–H and O–H groups in total. The Morgan fingerprint density at radius 1 is 0.833 bits per heavy atom. The summed E-state index contributed by atoms with van der Waals surface area (Å²) in [5.41, 5.74) is 3.72. The predicted octanol–water partition coefficient (Wildman–Crippen LogP) is 8.64. The van der Waals surface area contributed by atoms with Crippen LogP contribution in [0.25, 0.3) is 0 Å². The summed E-state index contributed by atoms with van der Waals surface area (Å²) in [6, 6.07) is 1.70. The molecule has 0 spiro atoms. The van der Waals surface area contributed by atoms with Gasteiger partial charge in [0.1, 0.15) is 11.5 Å². The second-order valence-corrected chi connectivity index (χ2v) is 10.3. The molecular formula is C28H48O2. The van der Waals surface area contributed by atoms with Crippen molar-refractivity contribution in [2.75, 3.05) is 0 Å². The summed E-state index contributed by atoms with van der Waals surface area (Å²) in [4.78, 5) is 0. The summed E-state index contributed by atoms with van der Waals surface area (Å²) in [6.45, 7) is 15.3. The van der Waals surface area contributed by atoms with E-state index in [0.29, 0.717) is 12.2 Å². The van der Waals surface area contributed by atoms with Crippen molar-refractivity contribution in [1.29, 1.82) is 0 Å². The maximum absolute atomic E-state index is 10.3. The lowest BCUT2D eigenvalue weighted by Crippen LogP contribution is -2.00. The highest BCUT2D eigenvalue weighted by Gasteiger charge is 2.11. The number of phenolic OH excluding ortho intramolecular Hbond substituents is 2. The third-order valence-corrected chi connectivity index (χ3v) is 6.73. The van der Waals surface area contributed by atoms with Crippen LogP contribution in [-0.4, -0.2) is 10.2 Å². The molecule has 2 heteroatoms. The average Bonchev–Trinajstić information content (AvgIpc) is 2.67. The van der Waals surface area contributed by atoms with Crippen LogP contribution in [-0.2, 0) is 6.42 Å². The second kappa shape index (κ2) is 13.8. The van der Waals surface area contributed by atoms with Crippen molar-refractivity contribution in [3.05, 3.63) is 34.4 Å². The molecule has 0 saturated carbocycles. The van der Waals surface area contributed by atoms with Crippen molar-refractivity contribution in [1.82, 2.24) is 0 Å². The van der Waals surface area contributed by atoms with E-state index in [4.69, 9.17) is 0 Å². The van der Waals surface area contributed by atoms with Gasteiger partial charge < -0.3 is 10.2 Å². The Balaban J connectivity index is 2.27. The van der Waals surface area contributed by atoms with E-state index in [1.54, 1.807) is 6.07 Å². The number of phenols is 2. The highest BCUT2D eigenvalue weighted by molar-refractivity contribution is 5.51. The summed E-state index contributed by atoms with van der Waals surface area (Å²) in [6.07, 6.45) is 14.8. The molecular weight excluding hydrogens is 368 g/mol. The molecule has 0 unspecified atom stereocenters. The van der Waals surface area contributed by atoms with Gasteiger partial charge in [-0.2, -0.15) is 0 Å². The van der Waals surface area contributed by atoms with E-state index in [0.717, 1.165) is 40.9 Å². The van der Waals surface area contributed by atoms with E-state index in [1.807, 2.05) is 13.8 Å². The average molecular weight is 417 g/mol. The largest absolute Gasteiger partial charge is 0.508 e. The monoisotopic (exact) mass is 416 g/mol. The van der Waals surface area contributed by atoms with Crippen LogP contribution in [0, 0.1) is 31.6 Å². The van der Waals surface area contributed by atoms with E-state index < -0.39 is 0 Å². The highest BCUT2D eigenvalue weighted by Crippen LogP contribution is 2.32. The topological polar surface area (TPSA) is 40.5 Å². The molecule has 2 nitrogen and oxygen atoms in total. The molecule has 30 heavy (non-hydrogen) atoms. The molecule has 1 aromatic carbocycles. The van der Waals surface area contributed by atoms with Gasteiger partial charge in [0.15, 0.2) is 0 Å². The third kappa shape index (κ3) is 10.0. The molecule has 0 radical (unpaired) electrons. The molecule has 0 saturated heterocycles. The molecule has 2 atom stereocenters. The standard InChI is InChI=1S/C28H48O2/c1-20(2)11-8-12-21(3)13-9-14-22(4)15-10-16-23(5)17-18-26-19-27(29)24(6)25(7)28(26)30/h17,19-22,29-30H,8-16,18H2,1-7H3/t21-,22-/m1/s1. The SMILES string of the molecule is CC(=CCc1cc(O)c(C)c(C)c1O)CCC[C@H](C)CCC[C@H](C)CCCC(C)C. The molecule has 0 aliphatic rings. The molecule has 0 aromatic heterocycles. The maximum Gasteiger partial charge on any atom is 0.122 e. The van der Waals surface area contributed by atoms with E-state index >= 15 is 0 Å². The number of allylic oxidation sites excluding steroid dienone is 2. The van der Waals surface area contributed by atoms with Crippen LogP contribution >= 0.6 is 0 Å². The number of rotatable bonds is 14. The maximum atomic E-state index is 10.3. The van der Waals surface area contributed by atoms with Crippen LogP contribution in [0.2, 0.25) is 0 Å². The van der Waals surface area contributed by atoms with Gasteiger partial charge in [-0.1, -0.05) is 84.3 Å². The normalized spacial score (nSPS) is 14.3. The van der Waals surface area contributed by atoms with Crippen molar-refractivity contribution in [2.24, 2.45) is 17.8 Å². The summed E-state index contributed by atoms with van der Waals surface area (Å²) in [7, 11) is 0. The van der Waals surface area contributed by atoms with E-state index in [2.05, 4.69) is 40.7 Å². The fraction of sp³-hybridized carbons (Fsp3) is 0.714. The van der Waals surface area contributed by atoms with Crippen molar-refractivity contribution >= 4 is 0 Å². The van der Waals surface area contributed by atoms with Gasteiger partial charge in [0.05, 0.1) is 0 Å². The number of aromatic hydroxyl groups is 2. The first kappa shape index (κ1) is 26.6. The Morgan fingerprint density at radius 2 is 1.37 bits per heavy atom. The summed E-state index contributed by atoms with van der Waals surface area (Å²) >= 11 is 0. The van der Waals surface area contributed by atoms with Crippen LogP contribution in [0.15, 0.2) is 17.7 Å². The Hall–Kier alpha value is -1.44. The Kier molecular flexibility index (Phi) is 12.2. The first-order chi connectivity index (χ1) is 14.1. The number of hydrogen-bond acceptors (Lipinski definition) is 2. The molecule has 0 aliphatic heterocycles. The van der Waals surface area contributed by atoms with Gasteiger partial charge in [-0.3, -0.25) is 0 Å². The second-order valence-electron chi connectivity index (χ2n) is 10.3. The van der Waals surface area contributed by atoms with Crippen LogP contribution in [0.1, 0.15) is 109 Å². The minimum Gasteiger partial charge on any atom is -0.508 e. The van der Waals surface area contributed by atoms with Crippen LogP contribution in [0.4, 0.5) is 0 Å². The lowest BCUT2D eigenvalue weighted by Gasteiger charge is -2.15. The number of benzene rings is 1. The quantitative estimate of drug-likeness (QED) is 0.235. The Bertz CT molecular complexity index is 657. The molecule has 1 rings (SSSR count). The van der Waals surface area contributed by atoms with Gasteiger partial charge in [-0.05, 0) is 75.0 Å². The van der Waals surface area contributed by atoms with Gasteiger partial charge in [-0.15, -0.1) is 0 Å². The Morgan fingerprint density at radius 3 is 1.93 bits per heavy atom. The molecule has 172 valence electrons. The lowest BCUT2D eigenvalue weighted by atomic mass is 9.91. The van der Waals surface area contributed by atoms with Crippen molar-refractivity contribution in [3.63, 3.8) is 0 Å². The summed E-state index contributed by atoms with van der Waals surface area (Å²) in [5.74, 6) is 3.12. The zero-order chi connectivity index (χ0) is 22.7. The first-order valence-corrected chi connectivity index (χ1v) is 12.3. The van der Waals surface area contributed by atoms with Gasteiger partial charge in [-0.25, -0.2) is 0 Å². The highest BCUT2D eigenvalue weighted by atomic mass is 16.3. The summed E-state index contributed by atoms with van der Waals surface area (Å²) in [5, 5.41) is 20.3. The zero-order valence-corrected chi connectivity index (χ0v) is 20.9. The molecule has 1 aromatic rings. The van der Waals surface area contributed by atoms with Crippen molar-refractivity contribution in [3.8, 4) is 11.5 Å². The van der Waals surface area contributed by atoms with Gasteiger partial charge in [0.2, 0.25) is 0 Å². The fourth-order valence-electron chi connectivity index (χ4n) is 4.20. The zero-order valence-electron chi connectivity index (χ0n) is 20.9. The molecule has 0 heterocycles. The molecule has 0 bridgehead atoms. The van der Waals surface area contributed by atoms with E-state index in [1.165, 1.54) is 56.9 Å². The molecule has 0 amide bonds. The van der Waals surface area contributed by atoms with Gasteiger partial charge >= 0.3 is 0 Å². The lowest BCUT2D eigenvalue weighted by molar-refractivity contribution is 0.389. The smallest absolute Gasteiger partial charge is 0.122 e. The number of hydrogen-bond donors (Lipinski definition) is 2. The predicted molar refractivity (Wildman–Crippen MR) is 131 cm³/mol. The molecule has 0 fully saturated rings. The summed E-state index contributed by atoms with van der Waals surface area (Å²) < 4.78 is 0. The van der Waals surface area contributed by atoms with Gasteiger partial charge in [0, 0.05) is 5.56 Å². The fourth-order valence-corrected chi connectivity index (χ4v) is 4.20. The van der Waals surface area contributed by atoms with Crippen LogP contribution in [0.5, 0.6) is 11.5 Å². The minimum absolute atomic E-state index is 0.273. The van der Waals surface area contributed by atoms with Crippen molar-refractivity contribution in [2.45, 2.75) is 113 Å². The Labute approximate surface area is 186 Å². The first-order valence-electron chi connectivity index (χ1n) is 12.3. The van der Waals surface area contributed by atoms with Crippen molar-refractivity contribution < 1.29 is 10.2 Å². The molecule has 0 aliphatic carbocycles. The van der Waals surface area contributed by atoms with Crippen LogP contribution < -0.4 is 0 Å². The van der Waals surface area contributed by atoms with E-state index in [9.17, 15) is 10.2 Å². The van der Waals surface area contributed by atoms with Crippen LogP contribution in [0.3, 0.4) is 0 Å². The van der Waals surface area contributed by atoms with E-state index in [-0.39, 0.29) is 5.75 Å². The minimum atomic E-state index is 0.273. The van der Waals surface area contributed by atoms with Gasteiger partial charge in [0.25, 0.3) is 0 Å².